The van der Waals surface area contributed by atoms with Crippen LogP contribution in [0, 0.1) is 5.92 Å². The van der Waals surface area contributed by atoms with Crippen LogP contribution in [0.5, 0.6) is 5.75 Å². The van der Waals surface area contributed by atoms with Gasteiger partial charge >= 0.3 is 0 Å². The summed E-state index contributed by atoms with van der Waals surface area (Å²) in [5.41, 5.74) is 1.22. The summed E-state index contributed by atoms with van der Waals surface area (Å²) in [5, 5.41) is 9.83. The normalized spacial score (nSPS) is 25.4. The van der Waals surface area contributed by atoms with Gasteiger partial charge in [0.1, 0.15) is 5.75 Å². The summed E-state index contributed by atoms with van der Waals surface area (Å²) in [7, 11) is 1.66. The maximum Gasteiger partial charge on any atom is 0.118 e. The fourth-order valence-electron chi connectivity index (χ4n) is 2.04. The van der Waals surface area contributed by atoms with E-state index >= 15 is 0 Å². The number of hydrogen-bond acceptors (Lipinski definition) is 3. The van der Waals surface area contributed by atoms with Gasteiger partial charge in [-0.1, -0.05) is 12.1 Å². The van der Waals surface area contributed by atoms with Gasteiger partial charge in [0.15, 0.2) is 0 Å². The Hall–Kier alpha value is -1.06. The minimum Gasteiger partial charge on any atom is -0.497 e. The number of benzene rings is 1. The van der Waals surface area contributed by atoms with Crippen molar-refractivity contribution >= 4 is 0 Å². The molecule has 0 aromatic heterocycles. The molecule has 0 amide bonds. The van der Waals surface area contributed by atoms with Crippen molar-refractivity contribution in [2.75, 3.05) is 20.3 Å². The van der Waals surface area contributed by atoms with Gasteiger partial charge in [-0.15, -0.1) is 0 Å². The van der Waals surface area contributed by atoms with Crippen LogP contribution in [0.4, 0.5) is 0 Å². The van der Waals surface area contributed by atoms with E-state index in [-0.39, 0.29) is 12.0 Å². The maximum atomic E-state index is 9.83. The zero-order valence-electron chi connectivity index (χ0n) is 9.56. The number of rotatable bonds is 3. The zero-order valence-corrected chi connectivity index (χ0v) is 9.56. The molecule has 2 rings (SSSR count). The molecule has 1 heterocycles. The van der Waals surface area contributed by atoms with Crippen molar-refractivity contribution in [2.45, 2.75) is 18.9 Å². The molecule has 1 aliphatic rings. The Bertz CT molecular complexity index is 320. The van der Waals surface area contributed by atoms with Gasteiger partial charge in [-0.25, -0.2) is 0 Å². The van der Waals surface area contributed by atoms with Crippen molar-refractivity contribution in [3.63, 3.8) is 0 Å². The quantitative estimate of drug-likeness (QED) is 0.845. The van der Waals surface area contributed by atoms with Crippen LogP contribution in [-0.4, -0.2) is 31.5 Å². The first kappa shape index (κ1) is 11.4. The van der Waals surface area contributed by atoms with E-state index < -0.39 is 0 Å². The number of ether oxygens (including phenoxy) is 2. The van der Waals surface area contributed by atoms with Crippen LogP contribution in [-0.2, 0) is 11.2 Å². The van der Waals surface area contributed by atoms with Crippen LogP contribution in [0.1, 0.15) is 12.0 Å². The molecule has 88 valence electrons. The van der Waals surface area contributed by atoms with Gasteiger partial charge < -0.3 is 14.6 Å². The summed E-state index contributed by atoms with van der Waals surface area (Å²) in [5.74, 6) is 1.09. The molecule has 1 aromatic carbocycles. The van der Waals surface area contributed by atoms with E-state index in [1.54, 1.807) is 7.11 Å². The van der Waals surface area contributed by atoms with Crippen LogP contribution in [0.15, 0.2) is 24.3 Å². The van der Waals surface area contributed by atoms with Crippen LogP contribution in [0.25, 0.3) is 0 Å². The lowest BCUT2D eigenvalue weighted by atomic mass is 9.91. The fourth-order valence-corrected chi connectivity index (χ4v) is 2.04. The predicted molar refractivity (Wildman–Crippen MR) is 61.6 cm³/mol. The highest BCUT2D eigenvalue weighted by Crippen LogP contribution is 2.21. The number of methoxy groups -OCH3 is 1. The molecule has 16 heavy (non-hydrogen) atoms. The summed E-state index contributed by atoms with van der Waals surface area (Å²) < 4.78 is 10.5. The van der Waals surface area contributed by atoms with Gasteiger partial charge in [0.05, 0.1) is 19.8 Å². The topological polar surface area (TPSA) is 38.7 Å². The molecule has 0 radical (unpaired) electrons. The second-order valence-corrected chi connectivity index (χ2v) is 4.24. The Labute approximate surface area is 96.0 Å². The highest BCUT2D eigenvalue weighted by atomic mass is 16.5. The van der Waals surface area contributed by atoms with E-state index in [1.165, 1.54) is 5.56 Å². The Balaban J connectivity index is 1.96. The molecule has 0 spiro atoms. The van der Waals surface area contributed by atoms with Crippen molar-refractivity contribution in [1.29, 1.82) is 0 Å². The van der Waals surface area contributed by atoms with Gasteiger partial charge in [-0.3, -0.25) is 0 Å². The van der Waals surface area contributed by atoms with Crippen LogP contribution in [0.3, 0.4) is 0 Å². The molecule has 0 saturated carbocycles. The molecule has 1 fully saturated rings. The highest BCUT2D eigenvalue weighted by Gasteiger charge is 2.23. The number of aliphatic hydroxyl groups is 1. The van der Waals surface area contributed by atoms with E-state index in [1.807, 2.05) is 24.3 Å². The van der Waals surface area contributed by atoms with E-state index in [2.05, 4.69) is 0 Å². The van der Waals surface area contributed by atoms with Crippen LogP contribution < -0.4 is 4.74 Å². The fraction of sp³-hybridized carbons (Fsp3) is 0.538. The van der Waals surface area contributed by atoms with Crippen molar-refractivity contribution in [3.8, 4) is 5.75 Å². The SMILES string of the molecule is COc1ccc(C[C@H]2COCC[C@H]2O)cc1. The van der Waals surface area contributed by atoms with Gasteiger partial charge in [-0.2, -0.15) is 0 Å². The monoisotopic (exact) mass is 222 g/mol. The summed E-state index contributed by atoms with van der Waals surface area (Å²) in [6.07, 6.45) is 1.39. The number of hydrogen-bond donors (Lipinski definition) is 1. The first-order valence-electron chi connectivity index (χ1n) is 5.68. The molecule has 1 N–H and O–H groups in total. The third kappa shape index (κ3) is 2.74. The van der Waals surface area contributed by atoms with E-state index in [0.29, 0.717) is 13.2 Å². The van der Waals surface area contributed by atoms with Crippen LogP contribution >= 0.6 is 0 Å². The molecule has 1 aromatic rings. The number of aliphatic hydroxyl groups excluding tert-OH is 1. The standard InChI is InChI=1S/C13H18O3/c1-15-12-4-2-10(3-5-12)8-11-9-16-7-6-13(11)14/h2-5,11,13-14H,6-9H2,1H3/t11-,13+/m0/s1. The lowest BCUT2D eigenvalue weighted by Crippen LogP contribution is -2.33. The molecule has 1 saturated heterocycles. The highest BCUT2D eigenvalue weighted by molar-refractivity contribution is 5.27. The first-order chi connectivity index (χ1) is 7.79. The van der Waals surface area contributed by atoms with E-state index in [0.717, 1.165) is 18.6 Å². The van der Waals surface area contributed by atoms with Crippen molar-refractivity contribution in [2.24, 2.45) is 5.92 Å². The third-order valence-corrected chi connectivity index (χ3v) is 3.09. The second kappa shape index (κ2) is 5.32. The van der Waals surface area contributed by atoms with Gasteiger partial charge in [0, 0.05) is 12.5 Å². The first-order valence-corrected chi connectivity index (χ1v) is 5.68. The molecule has 0 unspecified atom stereocenters. The molecule has 3 nitrogen and oxygen atoms in total. The van der Waals surface area contributed by atoms with Crippen molar-refractivity contribution < 1.29 is 14.6 Å². The minimum atomic E-state index is -0.226. The Morgan fingerprint density at radius 2 is 2.12 bits per heavy atom. The maximum absolute atomic E-state index is 9.83. The Morgan fingerprint density at radius 3 is 2.75 bits per heavy atom. The molecule has 2 atom stereocenters. The smallest absolute Gasteiger partial charge is 0.118 e. The molecular formula is C13H18O3. The average Bonchev–Trinajstić information content (AvgIpc) is 2.33. The van der Waals surface area contributed by atoms with Gasteiger partial charge in [0.25, 0.3) is 0 Å². The average molecular weight is 222 g/mol. The Kier molecular flexibility index (Phi) is 3.80. The zero-order chi connectivity index (χ0) is 11.4. The molecular weight excluding hydrogens is 204 g/mol. The summed E-state index contributed by atoms with van der Waals surface area (Å²) in [6, 6.07) is 7.98. The van der Waals surface area contributed by atoms with E-state index in [4.69, 9.17) is 9.47 Å². The summed E-state index contributed by atoms with van der Waals surface area (Å²) in [4.78, 5) is 0. The van der Waals surface area contributed by atoms with Crippen molar-refractivity contribution in [3.05, 3.63) is 29.8 Å². The van der Waals surface area contributed by atoms with Crippen molar-refractivity contribution in [1.82, 2.24) is 0 Å². The van der Waals surface area contributed by atoms with Gasteiger partial charge in [0.2, 0.25) is 0 Å². The third-order valence-electron chi connectivity index (χ3n) is 3.09. The summed E-state index contributed by atoms with van der Waals surface area (Å²) in [6.45, 7) is 1.34. The Morgan fingerprint density at radius 1 is 1.38 bits per heavy atom. The molecule has 1 aliphatic heterocycles. The molecule has 0 aliphatic carbocycles. The van der Waals surface area contributed by atoms with Gasteiger partial charge in [-0.05, 0) is 30.5 Å². The predicted octanol–water partition coefficient (Wildman–Crippen LogP) is 1.64. The second-order valence-electron chi connectivity index (χ2n) is 4.24. The minimum absolute atomic E-state index is 0.224. The summed E-state index contributed by atoms with van der Waals surface area (Å²) >= 11 is 0. The molecule has 3 heteroatoms. The van der Waals surface area contributed by atoms with Crippen LogP contribution in [0.2, 0.25) is 0 Å². The lowest BCUT2D eigenvalue weighted by Gasteiger charge is -2.27. The van der Waals surface area contributed by atoms with E-state index in [9.17, 15) is 5.11 Å². The lowest BCUT2D eigenvalue weighted by molar-refractivity contribution is -0.0350. The molecule has 0 bridgehead atoms. The largest absolute Gasteiger partial charge is 0.497 e.